The number of fused-ring (bicyclic) bond motifs is 3. The molecule has 2 fully saturated rings. The van der Waals surface area contributed by atoms with Crippen molar-refractivity contribution in [3.8, 4) is 0 Å². The lowest BCUT2D eigenvalue weighted by Crippen LogP contribution is -2.51. The van der Waals surface area contributed by atoms with Gasteiger partial charge in [-0.05, 0) is 53.6 Å². The van der Waals surface area contributed by atoms with Gasteiger partial charge in [-0.2, -0.15) is 0 Å². The van der Waals surface area contributed by atoms with Crippen LogP contribution in [0.15, 0.2) is 24.3 Å². The molecule has 1 nitrogen and oxygen atoms in total. The molecule has 1 aromatic carbocycles. The summed E-state index contributed by atoms with van der Waals surface area (Å²) in [5.74, 6) is 1.70. The van der Waals surface area contributed by atoms with Gasteiger partial charge in [0.25, 0.3) is 0 Å². The van der Waals surface area contributed by atoms with Gasteiger partial charge in [0.15, 0.2) is 0 Å². The minimum absolute atomic E-state index is 0.482. The van der Waals surface area contributed by atoms with Gasteiger partial charge in [0.1, 0.15) is 0 Å². The molecule has 0 heterocycles. The molecule has 0 radical (unpaired) electrons. The van der Waals surface area contributed by atoms with Crippen LogP contribution in [0.4, 0.5) is 0 Å². The molecule has 2 saturated carbocycles. The summed E-state index contributed by atoms with van der Waals surface area (Å²) in [6.07, 6.45) is 5.60. The Morgan fingerprint density at radius 2 is 2.00 bits per heavy atom. The smallest absolute Gasteiger partial charge is 0.0175 e. The van der Waals surface area contributed by atoms with E-state index in [4.69, 9.17) is 0 Å². The summed E-state index contributed by atoms with van der Waals surface area (Å²) < 4.78 is 0. The predicted molar refractivity (Wildman–Crippen MR) is 83.9 cm³/mol. The first-order chi connectivity index (χ1) is 9.51. The molecule has 0 spiro atoms. The third-order valence-electron chi connectivity index (χ3n) is 6.80. The highest BCUT2D eigenvalue weighted by Gasteiger charge is 2.59. The Hall–Kier alpha value is -0.820. The highest BCUT2D eigenvalue weighted by Crippen LogP contribution is 2.62. The van der Waals surface area contributed by atoms with Crippen molar-refractivity contribution in [1.82, 2.24) is 5.32 Å². The van der Waals surface area contributed by atoms with Gasteiger partial charge in [-0.15, -0.1) is 0 Å². The van der Waals surface area contributed by atoms with Gasteiger partial charge < -0.3 is 5.32 Å². The van der Waals surface area contributed by atoms with Gasteiger partial charge in [-0.3, -0.25) is 0 Å². The van der Waals surface area contributed by atoms with Gasteiger partial charge in [0, 0.05) is 18.5 Å². The van der Waals surface area contributed by atoms with E-state index < -0.39 is 0 Å². The summed E-state index contributed by atoms with van der Waals surface area (Å²) in [6, 6.07) is 9.67. The van der Waals surface area contributed by atoms with Crippen LogP contribution < -0.4 is 5.32 Å². The third kappa shape index (κ3) is 1.65. The Kier molecular flexibility index (Phi) is 2.64. The first-order valence-electron chi connectivity index (χ1n) is 8.32. The molecule has 0 saturated heterocycles. The Balaban J connectivity index is 1.46. The van der Waals surface area contributed by atoms with Crippen LogP contribution in [0.2, 0.25) is 0 Å². The Bertz CT molecular complexity index is 528. The minimum Gasteiger partial charge on any atom is -0.312 e. The summed E-state index contributed by atoms with van der Waals surface area (Å²) in [5, 5.41) is 3.99. The van der Waals surface area contributed by atoms with Crippen molar-refractivity contribution in [2.24, 2.45) is 16.7 Å². The van der Waals surface area contributed by atoms with Crippen molar-refractivity contribution in [2.75, 3.05) is 6.54 Å². The van der Waals surface area contributed by atoms with E-state index in [0.717, 1.165) is 11.8 Å². The summed E-state index contributed by atoms with van der Waals surface area (Å²) >= 11 is 0. The highest BCUT2D eigenvalue weighted by atomic mass is 15.0. The molecule has 4 atom stereocenters. The summed E-state index contributed by atoms with van der Waals surface area (Å²) in [6.45, 7) is 8.69. The Morgan fingerprint density at radius 3 is 2.70 bits per heavy atom. The molecule has 0 aromatic heterocycles. The first-order valence-corrected chi connectivity index (χ1v) is 8.32. The van der Waals surface area contributed by atoms with Crippen LogP contribution in [0.5, 0.6) is 0 Å². The van der Waals surface area contributed by atoms with Crippen LogP contribution in [0.3, 0.4) is 0 Å². The minimum atomic E-state index is 0.482. The third-order valence-corrected chi connectivity index (χ3v) is 6.80. The van der Waals surface area contributed by atoms with Crippen molar-refractivity contribution in [3.05, 3.63) is 35.4 Å². The zero-order valence-corrected chi connectivity index (χ0v) is 13.1. The van der Waals surface area contributed by atoms with Gasteiger partial charge in [-0.25, -0.2) is 0 Å². The lowest BCUT2D eigenvalue weighted by molar-refractivity contribution is 0.107. The zero-order valence-electron chi connectivity index (χ0n) is 13.1. The summed E-state index contributed by atoms with van der Waals surface area (Å²) in [7, 11) is 0. The monoisotopic (exact) mass is 269 g/mol. The van der Waals surface area contributed by atoms with E-state index in [1.165, 1.54) is 32.2 Å². The second kappa shape index (κ2) is 4.10. The summed E-state index contributed by atoms with van der Waals surface area (Å²) in [4.78, 5) is 0. The molecular weight excluding hydrogens is 242 g/mol. The molecular formula is C19H27N. The number of benzene rings is 1. The van der Waals surface area contributed by atoms with Crippen LogP contribution in [0.1, 0.15) is 57.1 Å². The second-order valence-corrected chi connectivity index (χ2v) is 8.36. The standard InChI is InChI=1S/C19H27N/c1-18(2)15-8-9-19(3,11-15)17(18)20-12-14-10-13-6-4-5-7-16(13)14/h4-7,14-15,17,20H,8-12H2,1-3H3. The maximum atomic E-state index is 3.99. The normalized spacial score (nSPS) is 40.5. The number of hydrogen-bond acceptors (Lipinski definition) is 1. The van der Waals surface area contributed by atoms with Crippen LogP contribution >= 0.6 is 0 Å². The zero-order chi connectivity index (χ0) is 14.0. The number of hydrogen-bond donors (Lipinski definition) is 1. The lowest BCUT2D eigenvalue weighted by atomic mass is 9.68. The Labute approximate surface area is 123 Å². The molecule has 4 rings (SSSR count). The van der Waals surface area contributed by atoms with Crippen LogP contribution in [0.25, 0.3) is 0 Å². The van der Waals surface area contributed by atoms with E-state index in [1.54, 1.807) is 11.1 Å². The fourth-order valence-corrected chi connectivity index (χ4v) is 5.62. The van der Waals surface area contributed by atoms with Gasteiger partial charge >= 0.3 is 0 Å². The summed E-state index contributed by atoms with van der Waals surface area (Å²) in [5.41, 5.74) is 4.19. The number of nitrogens with one attached hydrogen (secondary N) is 1. The SMILES string of the molecule is CC12CCC(C1)C(C)(C)C2NCC1Cc2ccccc21. The predicted octanol–water partition coefficient (Wildman–Crippen LogP) is 4.13. The molecule has 1 heteroatoms. The maximum absolute atomic E-state index is 3.99. The van der Waals surface area contributed by atoms with Crippen LogP contribution in [-0.2, 0) is 6.42 Å². The van der Waals surface area contributed by atoms with Gasteiger partial charge in [-0.1, -0.05) is 45.0 Å². The largest absolute Gasteiger partial charge is 0.312 e. The van der Waals surface area contributed by atoms with Crippen molar-refractivity contribution in [2.45, 2.75) is 58.4 Å². The van der Waals surface area contributed by atoms with Crippen molar-refractivity contribution in [1.29, 1.82) is 0 Å². The molecule has 1 N–H and O–H groups in total. The van der Waals surface area contributed by atoms with Crippen LogP contribution in [0, 0.1) is 16.7 Å². The lowest BCUT2D eigenvalue weighted by Gasteiger charge is -2.44. The fraction of sp³-hybridized carbons (Fsp3) is 0.684. The maximum Gasteiger partial charge on any atom is 0.0175 e. The van der Waals surface area contributed by atoms with Gasteiger partial charge in [0.05, 0.1) is 0 Å². The molecule has 20 heavy (non-hydrogen) atoms. The number of rotatable bonds is 3. The molecule has 2 bridgehead atoms. The van der Waals surface area contributed by atoms with Crippen molar-refractivity contribution in [3.63, 3.8) is 0 Å². The fourth-order valence-electron chi connectivity index (χ4n) is 5.62. The van der Waals surface area contributed by atoms with E-state index in [2.05, 4.69) is 50.4 Å². The molecule has 3 aliphatic carbocycles. The molecule has 0 aliphatic heterocycles. The molecule has 1 aromatic rings. The average molecular weight is 269 g/mol. The van der Waals surface area contributed by atoms with E-state index in [1.807, 2.05) is 0 Å². The second-order valence-electron chi connectivity index (χ2n) is 8.36. The van der Waals surface area contributed by atoms with Crippen molar-refractivity contribution >= 4 is 0 Å². The van der Waals surface area contributed by atoms with E-state index in [9.17, 15) is 0 Å². The van der Waals surface area contributed by atoms with E-state index in [0.29, 0.717) is 16.9 Å². The van der Waals surface area contributed by atoms with E-state index >= 15 is 0 Å². The first kappa shape index (κ1) is 12.9. The van der Waals surface area contributed by atoms with Crippen molar-refractivity contribution < 1.29 is 0 Å². The molecule has 108 valence electrons. The topological polar surface area (TPSA) is 12.0 Å². The quantitative estimate of drug-likeness (QED) is 0.870. The average Bonchev–Trinajstić information content (AvgIpc) is 2.85. The van der Waals surface area contributed by atoms with Gasteiger partial charge in [0.2, 0.25) is 0 Å². The molecule has 3 aliphatic rings. The molecule has 4 unspecified atom stereocenters. The highest BCUT2D eigenvalue weighted by molar-refractivity contribution is 5.40. The van der Waals surface area contributed by atoms with Crippen LogP contribution in [-0.4, -0.2) is 12.6 Å². The Morgan fingerprint density at radius 1 is 1.20 bits per heavy atom. The van der Waals surface area contributed by atoms with E-state index in [-0.39, 0.29) is 0 Å². The molecule has 0 amide bonds.